The largest absolute Gasteiger partial charge is 0.478 e. The Balaban J connectivity index is 2.24. The van der Waals surface area contributed by atoms with Gasteiger partial charge in [0, 0.05) is 27.7 Å². The zero-order valence-electron chi connectivity index (χ0n) is 13.7. The summed E-state index contributed by atoms with van der Waals surface area (Å²) in [4.78, 5) is 12.0. The van der Waals surface area contributed by atoms with Gasteiger partial charge in [0.2, 0.25) is 0 Å². The maximum atomic E-state index is 10.9. The second-order valence-corrected chi connectivity index (χ2v) is 6.75. The molecule has 3 nitrogen and oxygen atoms in total. The molecule has 0 atom stereocenters. The summed E-state index contributed by atoms with van der Waals surface area (Å²) >= 11 is 1.74. The lowest BCUT2D eigenvalue weighted by molar-refractivity contribution is -0.131. The van der Waals surface area contributed by atoms with Gasteiger partial charge in [0.15, 0.2) is 0 Å². The summed E-state index contributed by atoms with van der Waals surface area (Å²) in [5, 5.41) is 10.1. The highest BCUT2D eigenvalue weighted by atomic mass is 32.2. The Morgan fingerprint density at radius 2 is 1.96 bits per heavy atom. The minimum atomic E-state index is -0.930. The zero-order chi connectivity index (χ0) is 17.1. The zero-order valence-corrected chi connectivity index (χ0v) is 14.5. The van der Waals surface area contributed by atoms with E-state index in [0.717, 1.165) is 38.5 Å². The van der Waals surface area contributed by atoms with Gasteiger partial charge in [-0.2, -0.15) is 0 Å². The van der Waals surface area contributed by atoms with Crippen molar-refractivity contribution in [3.8, 4) is 5.69 Å². The maximum Gasteiger partial charge on any atom is 0.328 e. The molecule has 4 heteroatoms. The van der Waals surface area contributed by atoms with Crippen molar-refractivity contribution in [3.05, 3.63) is 65.9 Å². The summed E-state index contributed by atoms with van der Waals surface area (Å²) in [7, 11) is 0. The molecule has 0 aliphatic carbocycles. The van der Waals surface area contributed by atoms with Crippen molar-refractivity contribution in [2.24, 2.45) is 0 Å². The van der Waals surface area contributed by atoms with Crippen LogP contribution in [0.2, 0.25) is 0 Å². The van der Waals surface area contributed by atoms with Crippen LogP contribution in [0.5, 0.6) is 0 Å². The highest BCUT2D eigenvalue weighted by Crippen LogP contribution is 2.35. The van der Waals surface area contributed by atoms with E-state index in [1.807, 2.05) is 24.3 Å². The monoisotopic (exact) mass is 337 g/mol. The van der Waals surface area contributed by atoms with Crippen molar-refractivity contribution in [2.45, 2.75) is 18.7 Å². The standard InChI is InChI=1S/C20H19NO2S/c1-3-24-20-15(10-12-19(22)23)9-11-18-17(20)13-14(2)21(18)16-7-5-4-6-8-16/h4-13H,3H2,1-2H3,(H,22,23)/b12-10+. The number of thioether (sulfide) groups is 1. The molecule has 0 saturated carbocycles. The average molecular weight is 337 g/mol. The van der Waals surface area contributed by atoms with Crippen molar-refractivity contribution in [1.82, 2.24) is 4.57 Å². The third-order valence-electron chi connectivity index (χ3n) is 3.86. The van der Waals surface area contributed by atoms with Gasteiger partial charge in [0.25, 0.3) is 0 Å². The Kier molecular flexibility index (Phi) is 4.76. The Morgan fingerprint density at radius 3 is 2.62 bits per heavy atom. The van der Waals surface area contributed by atoms with E-state index in [4.69, 9.17) is 5.11 Å². The second-order valence-electron chi connectivity index (χ2n) is 5.48. The lowest BCUT2D eigenvalue weighted by Gasteiger charge is -2.10. The van der Waals surface area contributed by atoms with Gasteiger partial charge in [-0.05, 0) is 48.6 Å². The summed E-state index contributed by atoms with van der Waals surface area (Å²) in [6.45, 7) is 4.20. The molecule has 0 bridgehead atoms. The number of hydrogen-bond acceptors (Lipinski definition) is 2. The number of aryl methyl sites for hydroxylation is 1. The predicted molar refractivity (Wildman–Crippen MR) is 101 cm³/mol. The van der Waals surface area contributed by atoms with Crippen molar-refractivity contribution >= 4 is 34.7 Å². The third kappa shape index (κ3) is 3.10. The van der Waals surface area contributed by atoms with E-state index >= 15 is 0 Å². The molecule has 1 N–H and O–H groups in total. The van der Waals surface area contributed by atoms with Crippen molar-refractivity contribution < 1.29 is 9.90 Å². The highest BCUT2D eigenvalue weighted by molar-refractivity contribution is 7.99. The number of aliphatic carboxylic acids is 1. The number of nitrogens with zero attached hydrogens (tertiary/aromatic N) is 1. The molecule has 122 valence electrons. The van der Waals surface area contributed by atoms with E-state index in [2.05, 4.69) is 42.7 Å². The molecule has 3 rings (SSSR count). The second kappa shape index (κ2) is 6.97. The van der Waals surface area contributed by atoms with Crippen LogP contribution in [-0.2, 0) is 4.79 Å². The van der Waals surface area contributed by atoms with Gasteiger partial charge in [-0.15, -0.1) is 11.8 Å². The predicted octanol–water partition coefficient (Wildman–Crippen LogP) is 5.15. The number of carboxylic acid groups (broad SMARTS) is 1. The Bertz CT molecular complexity index is 910. The first-order valence-corrected chi connectivity index (χ1v) is 8.84. The first kappa shape index (κ1) is 16.4. The first-order chi connectivity index (χ1) is 11.6. The minimum absolute atomic E-state index is 0.930. The summed E-state index contributed by atoms with van der Waals surface area (Å²) in [5.74, 6) is 0.00311. The van der Waals surface area contributed by atoms with Gasteiger partial charge >= 0.3 is 5.97 Å². The molecule has 0 aliphatic heterocycles. The fraction of sp³-hybridized carbons (Fsp3) is 0.150. The molecular weight excluding hydrogens is 318 g/mol. The number of para-hydroxylation sites is 1. The van der Waals surface area contributed by atoms with Crippen LogP contribution in [0.4, 0.5) is 0 Å². The van der Waals surface area contributed by atoms with E-state index in [-0.39, 0.29) is 0 Å². The smallest absolute Gasteiger partial charge is 0.328 e. The lowest BCUT2D eigenvalue weighted by atomic mass is 10.1. The third-order valence-corrected chi connectivity index (χ3v) is 4.89. The van der Waals surface area contributed by atoms with Crippen molar-refractivity contribution in [2.75, 3.05) is 5.75 Å². The van der Waals surface area contributed by atoms with Crippen LogP contribution in [-0.4, -0.2) is 21.4 Å². The summed E-state index contributed by atoms with van der Waals surface area (Å²) in [5.41, 5.74) is 4.38. The van der Waals surface area contributed by atoms with E-state index in [9.17, 15) is 4.79 Å². The molecular formula is C20H19NO2S. The van der Waals surface area contributed by atoms with Gasteiger partial charge in [0.1, 0.15) is 0 Å². The normalized spacial score (nSPS) is 11.4. The summed E-state index contributed by atoms with van der Waals surface area (Å²) in [6.07, 6.45) is 2.87. The van der Waals surface area contributed by atoms with E-state index < -0.39 is 5.97 Å². The lowest BCUT2D eigenvalue weighted by Crippen LogP contribution is -1.95. The first-order valence-electron chi connectivity index (χ1n) is 7.86. The molecule has 0 spiro atoms. The van der Waals surface area contributed by atoms with Crippen molar-refractivity contribution in [3.63, 3.8) is 0 Å². The number of benzene rings is 2. The fourth-order valence-corrected chi connectivity index (χ4v) is 3.83. The molecule has 1 heterocycles. The number of aromatic nitrogens is 1. The topological polar surface area (TPSA) is 42.2 Å². The molecule has 24 heavy (non-hydrogen) atoms. The molecule has 3 aromatic rings. The molecule has 0 saturated heterocycles. The molecule has 2 aromatic carbocycles. The summed E-state index contributed by atoms with van der Waals surface area (Å²) < 4.78 is 2.24. The van der Waals surface area contributed by atoms with Gasteiger partial charge in [0.05, 0.1) is 5.52 Å². The number of carboxylic acids is 1. The Morgan fingerprint density at radius 1 is 1.21 bits per heavy atom. The van der Waals surface area contributed by atoms with E-state index in [1.165, 1.54) is 6.08 Å². The molecule has 0 fully saturated rings. The van der Waals surface area contributed by atoms with Crippen LogP contribution in [0.3, 0.4) is 0 Å². The Labute approximate surface area is 145 Å². The van der Waals surface area contributed by atoms with Gasteiger partial charge in [-0.3, -0.25) is 0 Å². The highest BCUT2D eigenvalue weighted by Gasteiger charge is 2.13. The van der Waals surface area contributed by atoms with Crippen LogP contribution in [0, 0.1) is 6.92 Å². The number of fused-ring (bicyclic) bond motifs is 1. The van der Waals surface area contributed by atoms with Gasteiger partial charge < -0.3 is 9.67 Å². The maximum absolute atomic E-state index is 10.9. The Hall–Kier alpha value is -2.46. The van der Waals surface area contributed by atoms with E-state index in [0.29, 0.717) is 0 Å². The average Bonchev–Trinajstić information content (AvgIpc) is 2.91. The van der Waals surface area contributed by atoms with Gasteiger partial charge in [-0.25, -0.2) is 4.79 Å². The quantitative estimate of drug-likeness (QED) is 0.517. The van der Waals surface area contributed by atoms with Crippen LogP contribution >= 0.6 is 11.8 Å². The molecule has 0 amide bonds. The molecule has 1 aromatic heterocycles. The minimum Gasteiger partial charge on any atom is -0.478 e. The molecule has 0 unspecified atom stereocenters. The SMILES string of the molecule is CCSc1c(/C=C/C(=O)O)ccc2c1cc(C)n2-c1ccccc1. The molecule has 0 radical (unpaired) electrons. The van der Waals surface area contributed by atoms with E-state index in [1.54, 1.807) is 17.8 Å². The van der Waals surface area contributed by atoms with Gasteiger partial charge in [-0.1, -0.05) is 31.2 Å². The summed E-state index contributed by atoms with van der Waals surface area (Å²) in [6, 6.07) is 16.5. The fourth-order valence-electron chi connectivity index (χ4n) is 2.92. The number of hydrogen-bond donors (Lipinski definition) is 1. The number of rotatable bonds is 5. The van der Waals surface area contributed by atoms with Crippen LogP contribution in [0.15, 0.2) is 59.5 Å². The van der Waals surface area contributed by atoms with Crippen LogP contribution in [0.1, 0.15) is 18.2 Å². The van der Waals surface area contributed by atoms with Crippen molar-refractivity contribution in [1.29, 1.82) is 0 Å². The number of carbonyl (C=O) groups is 1. The molecule has 0 aliphatic rings. The van der Waals surface area contributed by atoms with Crippen LogP contribution < -0.4 is 0 Å². The van der Waals surface area contributed by atoms with Crippen LogP contribution in [0.25, 0.3) is 22.7 Å².